The minimum absolute atomic E-state index is 0.273. The van der Waals surface area contributed by atoms with Crippen LogP contribution < -0.4 is 0 Å². The Hall–Kier alpha value is -0.670. The van der Waals surface area contributed by atoms with Crippen molar-refractivity contribution >= 4 is 6.21 Å². The summed E-state index contributed by atoms with van der Waals surface area (Å²) < 4.78 is 0.963. The van der Waals surface area contributed by atoms with Crippen molar-refractivity contribution in [1.29, 1.82) is 0 Å². The van der Waals surface area contributed by atoms with E-state index < -0.39 is 0 Å². The highest BCUT2D eigenvalue weighted by atomic mass is 16.3. The molecule has 1 rings (SSSR count). The molecular weight excluding hydrogens is 296 g/mol. The molecule has 1 N–H and O–H groups in total. The highest BCUT2D eigenvalue weighted by molar-refractivity contribution is 5.60. The molecule has 2 atom stereocenters. The quantitative estimate of drug-likeness (QED) is 0.252. The molecular formula is C21H41N2O+. The molecule has 2 unspecified atom stereocenters. The molecule has 0 saturated heterocycles. The van der Waals surface area contributed by atoms with Crippen LogP contribution in [0.5, 0.6) is 0 Å². The van der Waals surface area contributed by atoms with Gasteiger partial charge in [-0.1, -0.05) is 51.2 Å². The van der Waals surface area contributed by atoms with E-state index in [1.807, 2.05) is 0 Å². The summed E-state index contributed by atoms with van der Waals surface area (Å²) in [5.41, 5.74) is 0. The monoisotopic (exact) mass is 337 g/mol. The van der Waals surface area contributed by atoms with Crippen molar-refractivity contribution in [3.05, 3.63) is 12.2 Å². The number of aliphatic hydroxyl groups is 1. The summed E-state index contributed by atoms with van der Waals surface area (Å²) in [6.07, 6.45) is 21.7. The van der Waals surface area contributed by atoms with Gasteiger partial charge in [-0.2, -0.15) is 0 Å². The summed E-state index contributed by atoms with van der Waals surface area (Å²) >= 11 is 0. The molecule has 0 amide bonds. The smallest absolute Gasteiger partial charge is 0.182 e. The lowest BCUT2D eigenvalue weighted by atomic mass is 10.1. The Morgan fingerprint density at radius 1 is 1.00 bits per heavy atom. The van der Waals surface area contributed by atoms with Crippen LogP contribution in [0.3, 0.4) is 0 Å². The Labute approximate surface area is 150 Å². The van der Waals surface area contributed by atoms with E-state index in [-0.39, 0.29) is 6.61 Å². The molecule has 0 saturated carbocycles. The van der Waals surface area contributed by atoms with E-state index in [4.69, 9.17) is 0 Å². The fraction of sp³-hybridized carbons (Fsp3) is 0.857. The van der Waals surface area contributed by atoms with Crippen molar-refractivity contribution in [2.45, 2.75) is 90.6 Å². The van der Waals surface area contributed by atoms with Gasteiger partial charge < -0.3 is 5.11 Å². The summed E-state index contributed by atoms with van der Waals surface area (Å²) in [6.45, 7) is 7.69. The Morgan fingerprint density at radius 2 is 1.67 bits per heavy atom. The third-order valence-electron chi connectivity index (χ3n) is 5.50. The van der Waals surface area contributed by atoms with Gasteiger partial charge in [0.25, 0.3) is 0 Å². The average Bonchev–Trinajstić information content (AvgIpc) is 2.99. The SMILES string of the molecule is CCCCCCCC/C=C/CCCCC1N=CC[N+]1(CC)CCO. The number of unbranched alkanes of at least 4 members (excludes halogenated alkanes) is 8. The van der Waals surface area contributed by atoms with Crippen LogP contribution in [0.2, 0.25) is 0 Å². The number of quaternary nitrogens is 1. The molecule has 0 spiro atoms. The van der Waals surface area contributed by atoms with E-state index in [1.165, 1.54) is 64.2 Å². The number of aliphatic imine (C=N–C) groups is 1. The van der Waals surface area contributed by atoms with Crippen molar-refractivity contribution in [2.75, 3.05) is 26.2 Å². The number of nitrogens with zero attached hydrogens (tertiary/aromatic N) is 2. The number of likely N-dealkylation sites (N-methyl/N-ethyl adjacent to an activating group) is 1. The molecule has 1 aliphatic heterocycles. The highest BCUT2D eigenvalue weighted by Gasteiger charge is 2.36. The third-order valence-corrected chi connectivity index (χ3v) is 5.50. The van der Waals surface area contributed by atoms with E-state index in [1.54, 1.807) is 0 Å². The van der Waals surface area contributed by atoms with Crippen molar-refractivity contribution in [3.63, 3.8) is 0 Å². The Morgan fingerprint density at radius 3 is 2.33 bits per heavy atom. The second-order valence-corrected chi connectivity index (χ2v) is 7.29. The van der Waals surface area contributed by atoms with Gasteiger partial charge in [-0.15, -0.1) is 0 Å². The maximum absolute atomic E-state index is 9.33. The standard InChI is InChI=1S/C21H41N2O/c1-3-5-6-7-8-9-10-11-12-13-14-15-16-21-22-17-18-23(21,4-2)19-20-24/h11-12,17,21,24H,3-10,13-16,18-20H2,1-2H3/q+1/b12-11+. The van der Waals surface area contributed by atoms with Gasteiger partial charge in [0.15, 0.2) is 6.17 Å². The number of rotatable bonds is 15. The van der Waals surface area contributed by atoms with Gasteiger partial charge >= 0.3 is 0 Å². The molecule has 1 aliphatic rings. The van der Waals surface area contributed by atoms with E-state index >= 15 is 0 Å². The van der Waals surface area contributed by atoms with Gasteiger partial charge in [0.1, 0.15) is 13.1 Å². The van der Waals surface area contributed by atoms with Crippen LogP contribution in [0.1, 0.15) is 84.5 Å². The molecule has 0 aromatic carbocycles. The molecule has 3 nitrogen and oxygen atoms in total. The highest BCUT2D eigenvalue weighted by Crippen LogP contribution is 2.23. The zero-order valence-corrected chi connectivity index (χ0v) is 16.3. The maximum atomic E-state index is 9.33. The van der Waals surface area contributed by atoms with Gasteiger partial charge in [-0.05, 0) is 39.0 Å². The van der Waals surface area contributed by atoms with Crippen LogP contribution in [-0.2, 0) is 0 Å². The van der Waals surface area contributed by atoms with Gasteiger partial charge in [-0.3, -0.25) is 4.48 Å². The summed E-state index contributed by atoms with van der Waals surface area (Å²) in [4.78, 5) is 4.69. The summed E-state index contributed by atoms with van der Waals surface area (Å²) in [5.74, 6) is 0. The minimum atomic E-state index is 0.273. The van der Waals surface area contributed by atoms with Crippen LogP contribution >= 0.6 is 0 Å². The van der Waals surface area contributed by atoms with Crippen LogP contribution in [0.25, 0.3) is 0 Å². The predicted octanol–water partition coefficient (Wildman–Crippen LogP) is 5.09. The van der Waals surface area contributed by atoms with Crippen LogP contribution in [0.4, 0.5) is 0 Å². The first kappa shape index (κ1) is 21.4. The summed E-state index contributed by atoms with van der Waals surface area (Å²) in [6, 6.07) is 0. The van der Waals surface area contributed by atoms with Gasteiger partial charge in [0.05, 0.1) is 19.4 Å². The van der Waals surface area contributed by atoms with E-state index in [0.29, 0.717) is 6.17 Å². The van der Waals surface area contributed by atoms with E-state index in [9.17, 15) is 5.11 Å². The molecule has 0 radical (unpaired) electrons. The zero-order chi connectivity index (χ0) is 17.5. The molecule has 24 heavy (non-hydrogen) atoms. The molecule has 0 aromatic rings. The first-order valence-corrected chi connectivity index (χ1v) is 10.4. The summed E-state index contributed by atoms with van der Waals surface area (Å²) in [5, 5.41) is 9.33. The fourth-order valence-corrected chi connectivity index (χ4v) is 3.75. The number of hydrogen-bond donors (Lipinski definition) is 1. The molecule has 0 aliphatic carbocycles. The lowest BCUT2D eigenvalue weighted by molar-refractivity contribution is -0.936. The van der Waals surface area contributed by atoms with Crippen molar-refractivity contribution in [2.24, 2.45) is 4.99 Å². The second kappa shape index (κ2) is 13.6. The third kappa shape index (κ3) is 7.94. The first-order valence-electron chi connectivity index (χ1n) is 10.4. The lowest BCUT2D eigenvalue weighted by Crippen LogP contribution is -2.53. The molecule has 0 aromatic heterocycles. The molecule has 1 heterocycles. The van der Waals surface area contributed by atoms with Crippen molar-refractivity contribution in [1.82, 2.24) is 0 Å². The maximum Gasteiger partial charge on any atom is 0.182 e. The van der Waals surface area contributed by atoms with Gasteiger partial charge in [-0.25, -0.2) is 4.99 Å². The molecule has 140 valence electrons. The first-order chi connectivity index (χ1) is 11.8. The molecule has 0 bridgehead atoms. The zero-order valence-electron chi connectivity index (χ0n) is 16.3. The van der Waals surface area contributed by atoms with Crippen LogP contribution in [-0.4, -0.2) is 48.2 Å². The normalized spacial score (nSPS) is 23.5. The van der Waals surface area contributed by atoms with Crippen LogP contribution in [0.15, 0.2) is 17.1 Å². The second-order valence-electron chi connectivity index (χ2n) is 7.29. The van der Waals surface area contributed by atoms with E-state index in [0.717, 1.165) is 30.5 Å². The average molecular weight is 338 g/mol. The molecule has 0 fully saturated rings. The van der Waals surface area contributed by atoms with Crippen molar-refractivity contribution < 1.29 is 9.59 Å². The lowest BCUT2D eigenvalue weighted by Gasteiger charge is -2.37. The number of allylic oxidation sites excluding steroid dienone is 2. The Kier molecular flexibility index (Phi) is 12.1. The number of hydrogen-bond acceptors (Lipinski definition) is 2. The predicted molar refractivity (Wildman–Crippen MR) is 106 cm³/mol. The minimum Gasteiger partial charge on any atom is -0.391 e. The largest absolute Gasteiger partial charge is 0.391 e. The van der Waals surface area contributed by atoms with Crippen LogP contribution in [0, 0.1) is 0 Å². The van der Waals surface area contributed by atoms with Gasteiger partial charge in [0.2, 0.25) is 0 Å². The number of aliphatic hydroxyl groups excluding tert-OH is 1. The summed E-state index contributed by atoms with van der Waals surface area (Å²) in [7, 11) is 0. The fourth-order valence-electron chi connectivity index (χ4n) is 3.75. The van der Waals surface area contributed by atoms with E-state index in [2.05, 4.69) is 37.2 Å². The van der Waals surface area contributed by atoms with Crippen molar-refractivity contribution in [3.8, 4) is 0 Å². The molecule has 3 heteroatoms. The Balaban J connectivity index is 2.03. The topological polar surface area (TPSA) is 32.6 Å². The van der Waals surface area contributed by atoms with Gasteiger partial charge in [0, 0.05) is 6.42 Å². The Bertz CT molecular complexity index is 354.